The van der Waals surface area contributed by atoms with E-state index in [-0.39, 0.29) is 16.9 Å². The smallest absolute Gasteiger partial charge is 0.253 e. The molecule has 0 heterocycles. The molecule has 2 N–H and O–H groups in total. The van der Waals surface area contributed by atoms with Crippen LogP contribution in [0.4, 0.5) is 5.69 Å². The largest absolute Gasteiger partial charge is 0.345 e. The van der Waals surface area contributed by atoms with Crippen LogP contribution in [0.5, 0.6) is 0 Å². The summed E-state index contributed by atoms with van der Waals surface area (Å²) in [5.74, 6) is -0.447. The Bertz CT molecular complexity index is 1100. The van der Waals surface area contributed by atoms with Crippen LogP contribution in [0, 0.1) is 0 Å². The van der Waals surface area contributed by atoms with Gasteiger partial charge in [0, 0.05) is 31.4 Å². The highest BCUT2D eigenvalue weighted by Gasteiger charge is 2.09. The number of nitrogens with zero attached hydrogens (tertiary/aromatic N) is 1. The molecule has 0 saturated heterocycles. The quantitative estimate of drug-likeness (QED) is 0.509. The maximum Gasteiger partial charge on any atom is 0.253 e. The minimum atomic E-state index is -0.337. The number of hydrogen-bond acceptors (Lipinski definition) is 3. The highest BCUT2D eigenvalue weighted by Crippen LogP contribution is 2.19. The van der Waals surface area contributed by atoms with Gasteiger partial charge in [-0.2, -0.15) is 0 Å². The Labute approximate surface area is 175 Å². The molecule has 0 spiro atoms. The van der Waals surface area contributed by atoms with Gasteiger partial charge in [-0.25, -0.2) is 0 Å². The van der Waals surface area contributed by atoms with E-state index in [9.17, 15) is 9.59 Å². The third-order valence-electron chi connectivity index (χ3n) is 4.25. The number of carbonyl (C=O) groups excluding carboxylic acids is 2. The summed E-state index contributed by atoms with van der Waals surface area (Å²) in [6, 6.07) is 20.9. The third kappa shape index (κ3) is 5.27. The first-order chi connectivity index (χ1) is 13.9. The zero-order valence-electron chi connectivity index (χ0n) is 16.2. The number of anilines is 1. The van der Waals surface area contributed by atoms with Crippen LogP contribution in [-0.2, 0) is 4.79 Å². The van der Waals surface area contributed by atoms with E-state index in [2.05, 4.69) is 10.6 Å². The van der Waals surface area contributed by atoms with Crippen molar-refractivity contribution in [3.63, 3.8) is 0 Å². The van der Waals surface area contributed by atoms with E-state index in [1.165, 1.54) is 11.0 Å². The van der Waals surface area contributed by atoms with Crippen molar-refractivity contribution in [2.75, 3.05) is 19.4 Å². The molecule has 0 aliphatic heterocycles. The van der Waals surface area contributed by atoms with Gasteiger partial charge >= 0.3 is 0 Å². The van der Waals surface area contributed by atoms with Crippen LogP contribution < -0.4 is 10.6 Å². The molecule has 0 fully saturated rings. The number of hydrogen-bond donors (Lipinski definition) is 2. The van der Waals surface area contributed by atoms with Crippen LogP contribution in [-0.4, -0.2) is 35.9 Å². The van der Waals surface area contributed by atoms with Gasteiger partial charge in [-0.15, -0.1) is 0 Å². The van der Waals surface area contributed by atoms with Crippen molar-refractivity contribution in [3.05, 3.63) is 83.9 Å². The molecule has 5 nitrogen and oxygen atoms in total. The lowest BCUT2D eigenvalue weighted by molar-refractivity contribution is -0.115. The molecule has 0 saturated carbocycles. The van der Waals surface area contributed by atoms with E-state index in [0.29, 0.717) is 11.3 Å². The summed E-state index contributed by atoms with van der Waals surface area (Å²) in [4.78, 5) is 25.8. The number of benzene rings is 3. The topological polar surface area (TPSA) is 61.4 Å². The first-order valence-electron chi connectivity index (χ1n) is 9.03. The molecule has 3 rings (SSSR count). The van der Waals surface area contributed by atoms with E-state index >= 15 is 0 Å². The Balaban J connectivity index is 1.64. The second-order valence-electron chi connectivity index (χ2n) is 6.63. The summed E-state index contributed by atoms with van der Waals surface area (Å²) < 4.78 is 0. The first-order valence-corrected chi connectivity index (χ1v) is 9.44. The molecule has 0 aliphatic carbocycles. The van der Waals surface area contributed by atoms with Gasteiger partial charge in [0.15, 0.2) is 5.11 Å². The normalized spacial score (nSPS) is 10.7. The first kappa shape index (κ1) is 20.2. The minimum Gasteiger partial charge on any atom is -0.345 e. The van der Waals surface area contributed by atoms with Crippen molar-refractivity contribution in [2.24, 2.45) is 0 Å². The average Bonchev–Trinajstić information content (AvgIpc) is 2.71. The fourth-order valence-electron chi connectivity index (χ4n) is 2.87. The zero-order valence-corrected chi connectivity index (χ0v) is 17.0. The van der Waals surface area contributed by atoms with Gasteiger partial charge in [-0.05, 0) is 52.8 Å². The van der Waals surface area contributed by atoms with Crippen molar-refractivity contribution in [2.45, 2.75) is 0 Å². The van der Waals surface area contributed by atoms with Gasteiger partial charge < -0.3 is 10.2 Å². The summed E-state index contributed by atoms with van der Waals surface area (Å²) in [6.07, 6.45) is 3.21. The van der Waals surface area contributed by atoms with Crippen molar-refractivity contribution < 1.29 is 9.59 Å². The SMILES string of the molecule is CN(C)C(=O)c1cccc(NC(=S)NC(=O)/C=C/c2cccc3ccccc23)c1. The Morgan fingerprint density at radius 2 is 1.69 bits per heavy atom. The Hall–Kier alpha value is -3.51. The molecule has 0 aliphatic rings. The molecule has 2 amide bonds. The second kappa shape index (κ2) is 9.12. The summed E-state index contributed by atoms with van der Waals surface area (Å²) >= 11 is 5.21. The van der Waals surface area contributed by atoms with Crippen LogP contribution in [0.3, 0.4) is 0 Å². The summed E-state index contributed by atoms with van der Waals surface area (Å²) in [5.41, 5.74) is 2.11. The monoisotopic (exact) mass is 403 g/mol. The molecular weight excluding hydrogens is 382 g/mol. The molecular formula is C23H21N3O2S. The number of rotatable bonds is 4. The van der Waals surface area contributed by atoms with E-state index < -0.39 is 0 Å². The number of thiocarbonyl (C=S) groups is 1. The van der Waals surface area contributed by atoms with Crippen LogP contribution in [0.25, 0.3) is 16.8 Å². The number of fused-ring (bicyclic) bond motifs is 1. The van der Waals surface area contributed by atoms with Crippen molar-refractivity contribution in [1.82, 2.24) is 10.2 Å². The highest BCUT2D eigenvalue weighted by atomic mass is 32.1. The molecule has 6 heteroatoms. The lowest BCUT2D eigenvalue weighted by Gasteiger charge is -2.12. The predicted octanol–water partition coefficient (Wildman–Crippen LogP) is 4.07. The van der Waals surface area contributed by atoms with Gasteiger partial charge in [0.2, 0.25) is 5.91 Å². The predicted molar refractivity (Wildman–Crippen MR) is 122 cm³/mol. The summed E-state index contributed by atoms with van der Waals surface area (Å²) in [7, 11) is 3.38. The fraction of sp³-hybridized carbons (Fsp3) is 0.0870. The maximum atomic E-state index is 12.2. The molecule has 0 radical (unpaired) electrons. The molecule has 0 unspecified atom stereocenters. The molecule has 0 aromatic heterocycles. The van der Waals surface area contributed by atoms with Crippen LogP contribution in [0.1, 0.15) is 15.9 Å². The number of amides is 2. The van der Waals surface area contributed by atoms with Gasteiger partial charge in [0.05, 0.1) is 0 Å². The summed E-state index contributed by atoms with van der Waals surface area (Å²) in [6.45, 7) is 0. The van der Waals surface area contributed by atoms with Gasteiger partial charge in [0.25, 0.3) is 5.91 Å². The van der Waals surface area contributed by atoms with Crippen LogP contribution >= 0.6 is 12.2 Å². The molecule has 0 bridgehead atoms. The summed E-state index contributed by atoms with van der Waals surface area (Å²) in [5, 5.41) is 7.89. The van der Waals surface area contributed by atoms with Crippen molar-refractivity contribution in [3.8, 4) is 0 Å². The fourth-order valence-corrected chi connectivity index (χ4v) is 3.08. The molecule has 3 aromatic carbocycles. The van der Waals surface area contributed by atoms with Crippen LogP contribution in [0.2, 0.25) is 0 Å². The standard InChI is InChI=1S/C23H21N3O2S/c1-26(2)22(28)18-10-6-11-19(15-18)24-23(29)25-21(27)14-13-17-9-5-8-16-7-3-4-12-20(16)17/h3-15H,1-2H3,(H2,24,25,27,29)/b14-13+. The van der Waals surface area contributed by atoms with E-state index in [0.717, 1.165) is 16.3 Å². The number of carbonyl (C=O) groups is 2. The van der Waals surface area contributed by atoms with Crippen molar-refractivity contribution >= 4 is 51.7 Å². The van der Waals surface area contributed by atoms with Gasteiger partial charge in [-0.3, -0.25) is 14.9 Å². The molecule has 3 aromatic rings. The molecule has 146 valence electrons. The Kier molecular flexibility index (Phi) is 6.36. The lowest BCUT2D eigenvalue weighted by atomic mass is 10.0. The second-order valence-corrected chi connectivity index (χ2v) is 7.03. The van der Waals surface area contributed by atoms with Crippen LogP contribution in [0.15, 0.2) is 72.8 Å². The highest BCUT2D eigenvalue weighted by molar-refractivity contribution is 7.80. The van der Waals surface area contributed by atoms with E-state index in [1.54, 1.807) is 44.4 Å². The van der Waals surface area contributed by atoms with E-state index in [1.807, 2.05) is 42.5 Å². The van der Waals surface area contributed by atoms with Gasteiger partial charge in [-0.1, -0.05) is 48.5 Å². The van der Waals surface area contributed by atoms with E-state index in [4.69, 9.17) is 12.2 Å². The van der Waals surface area contributed by atoms with Gasteiger partial charge in [0.1, 0.15) is 0 Å². The van der Waals surface area contributed by atoms with Crippen molar-refractivity contribution in [1.29, 1.82) is 0 Å². The average molecular weight is 404 g/mol. The lowest BCUT2D eigenvalue weighted by Crippen LogP contribution is -2.32. The zero-order chi connectivity index (χ0) is 20.8. The third-order valence-corrected chi connectivity index (χ3v) is 4.45. The molecule has 29 heavy (non-hydrogen) atoms. The maximum absolute atomic E-state index is 12.2. The Morgan fingerprint density at radius 3 is 2.48 bits per heavy atom. The Morgan fingerprint density at radius 1 is 0.966 bits per heavy atom. The minimum absolute atomic E-state index is 0.110. The number of nitrogens with one attached hydrogen (secondary N) is 2. The molecule has 0 atom stereocenters.